The first-order valence-electron chi connectivity index (χ1n) is 9.96. The molecule has 0 aliphatic heterocycles. The Hall–Kier alpha value is -1.88. The molecule has 0 saturated heterocycles. The Labute approximate surface area is 162 Å². The summed E-state index contributed by atoms with van der Waals surface area (Å²) in [5.41, 5.74) is 3.98. The lowest BCUT2D eigenvalue weighted by molar-refractivity contribution is -0.156. The zero-order valence-electron chi connectivity index (χ0n) is 17.1. The maximum Gasteiger partial charge on any atom is 0.312 e. The number of carbonyl (C=O) groups excluding carboxylic acids is 2. The van der Waals surface area contributed by atoms with Crippen LogP contribution in [0.25, 0.3) is 0 Å². The van der Waals surface area contributed by atoms with Gasteiger partial charge in [-0.05, 0) is 76.5 Å². The van der Waals surface area contributed by atoms with Crippen LogP contribution in [0.2, 0.25) is 0 Å². The van der Waals surface area contributed by atoms with Gasteiger partial charge in [0.25, 0.3) is 0 Å². The summed E-state index contributed by atoms with van der Waals surface area (Å²) >= 11 is 0. The van der Waals surface area contributed by atoms with Crippen LogP contribution >= 0.6 is 0 Å². The molecule has 5 nitrogen and oxygen atoms in total. The number of ether oxygens (including phenoxy) is 1. The molecule has 5 heteroatoms. The van der Waals surface area contributed by atoms with Gasteiger partial charge in [0.05, 0.1) is 24.5 Å². The van der Waals surface area contributed by atoms with E-state index in [1.54, 1.807) is 6.92 Å². The summed E-state index contributed by atoms with van der Waals surface area (Å²) in [6.07, 6.45) is 3.02. The molecule has 2 N–H and O–H groups in total. The van der Waals surface area contributed by atoms with Gasteiger partial charge in [-0.3, -0.25) is 9.59 Å². The molecule has 0 spiro atoms. The molecule has 1 aromatic rings. The number of carbonyl (C=O) groups is 2. The van der Waals surface area contributed by atoms with Gasteiger partial charge in [0.15, 0.2) is 0 Å². The minimum absolute atomic E-state index is 0.00157. The smallest absolute Gasteiger partial charge is 0.312 e. The van der Waals surface area contributed by atoms with E-state index in [-0.39, 0.29) is 11.9 Å². The Bertz CT molecular complexity index is 662. The fraction of sp³-hybridized carbons (Fsp3) is 0.636. The Morgan fingerprint density at radius 3 is 2.48 bits per heavy atom. The summed E-state index contributed by atoms with van der Waals surface area (Å²) in [5, 5.41) is 12.9. The minimum Gasteiger partial charge on any atom is -0.466 e. The first-order chi connectivity index (χ1) is 12.8. The molecule has 0 heterocycles. The van der Waals surface area contributed by atoms with Gasteiger partial charge in [0.2, 0.25) is 5.91 Å². The summed E-state index contributed by atoms with van der Waals surface area (Å²) < 4.78 is 5.23. The van der Waals surface area contributed by atoms with Gasteiger partial charge in [-0.2, -0.15) is 0 Å². The highest BCUT2D eigenvalue weighted by Crippen LogP contribution is 2.43. The number of esters is 1. The highest BCUT2D eigenvalue weighted by atomic mass is 16.5. The van der Waals surface area contributed by atoms with E-state index in [0.717, 1.165) is 16.7 Å². The van der Waals surface area contributed by atoms with E-state index >= 15 is 0 Å². The normalized spacial score (nSPS) is 21.9. The molecule has 0 unspecified atom stereocenters. The van der Waals surface area contributed by atoms with Crippen molar-refractivity contribution in [3.05, 3.63) is 34.4 Å². The molecular weight excluding hydrogens is 342 g/mol. The summed E-state index contributed by atoms with van der Waals surface area (Å²) in [5.74, 6) is -0.208. The number of benzene rings is 1. The van der Waals surface area contributed by atoms with Crippen molar-refractivity contribution >= 4 is 11.9 Å². The molecule has 0 aromatic heterocycles. The largest absolute Gasteiger partial charge is 0.466 e. The second-order valence-electron chi connectivity index (χ2n) is 7.90. The van der Waals surface area contributed by atoms with E-state index in [1.165, 1.54) is 5.56 Å². The van der Waals surface area contributed by atoms with Gasteiger partial charge in [-0.15, -0.1) is 0 Å². The van der Waals surface area contributed by atoms with Crippen LogP contribution in [0.3, 0.4) is 0 Å². The number of nitrogens with one attached hydrogen (secondary N) is 1. The molecule has 1 aromatic carbocycles. The molecule has 2 rings (SSSR count). The van der Waals surface area contributed by atoms with Crippen molar-refractivity contribution in [1.29, 1.82) is 0 Å². The first kappa shape index (κ1) is 21.4. The van der Waals surface area contributed by atoms with E-state index in [0.29, 0.717) is 51.7 Å². The number of hydrogen-bond acceptors (Lipinski definition) is 4. The number of amides is 1. The second-order valence-corrected chi connectivity index (χ2v) is 7.90. The average Bonchev–Trinajstić information content (AvgIpc) is 2.97. The first-order valence-corrected chi connectivity index (χ1v) is 9.96. The van der Waals surface area contributed by atoms with E-state index in [1.807, 2.05) is 13.8 Å². The Balaban J connectivity index is 1.85. The summed E-state index contributed by atoms with van der Waals surface area (Å²) in [7, 11) is 0. The summed E-state index contributed by atoms with van der Waals surface area (Å²) in [6, 6.07) is 4.20. The Kier molecular flexibility index (Phi) is 7.42. The fourth-order valence-electron chi connectivity index (χ4n) is 4.26. The van der Waals surface area contributed by atoms with Crippen molar-refractivity contribution in [2.45, 2.75) is 72.3 Å². The maximum absolute atomic E-state index is 12.4. The van der Waals surface area contributed by atoms with Crippen LogP contribution in [0.4, 0.5) is 0 Å². The third kappa shape index (κ3) is 5.55. The van der Waals surface area contributed by atoms with Gasteiger partial charge < -0.3 is 15.2 Å². The predicted molar refractivity (Wildman–Crippen MR) is 106 cm³/mol. The number of rotatable bonds is 8. The molecule has 150 valence electrons. The molecule has 1 aliphatic rings. The maximum atomic E-state index is 12.4. The van der Waals surface area contributed by atoms with Crippen LogP contribution in [0, 0.1) is 26.2 Å². The quantitative estimate of drug-likeness (QED) is 0.541. The molecule has 1 aliphatic carbocycles. The Morgan fingerprint density at radius 1 is 1.26 bits per heavy atom. The molecule has 1 amide bonds. The Morgan fingerprint density at radius 2 is 1.93 bits per heavy atom. The van der Waals surface area contributed by atoms with Gasteiger partial charge >= 0.3 is 5.97 Å². The van der Waals surface area contributed by atoms with Crippen molar-refractivity contribution < 1.29 is 19.4 Å². The third-order valence-electron chi connectivity index (χ3n) is 5.62. The van der Waals surface area contributed by atoms with Gasteiger partial charge in [-0.1, -0.05) is 17.7 Å². The molecule has 2 atom stereocenters. The lowest BCUT2D eigenvalue weighted by Crippen LogP contribution is -2.33. The van der Waals surface area contributed by atoms with Crippen molar-refractivity contribution in [3.8, 4) is 0 Å². The minimum atomic E-state index is -0.593. The topological polar surface area (TPSA) is 75.6 Å². The lowest BCUT2D eigenvalue weighted by atomic mass is 9.81. The van der Waals surface area contributed by atoms with E-state index in [4.69, 9.17) is 4.74 Å². The van der Waals surface area contributed by atoms with Crippen molar-refractivity contribution in [3.63, 3.8) is 0 Å². The zero-order valence-corrected chi connectivity index (χ0v) is 17.1. The van der Waals surface area contributed by atoms with Gasteiger partial charge in [0, 0.05) is 6.54 Å². The standard InChI is InChI=1S/C22H33NO4/c1-5-27-21(26)22(9-7-18(24)14-22)8-6-10-23-20(25)13-19-16(3)11-15(2)12-17(19)4/h11-12,18,24H,5-10,13-14H2,1-4H3,(H,23,25)/t18-,22-/m1/s1. The van der Waals surface area contributed by atoms with Crippen molar-refractivity contribution in [1.82, 2.24) is 5.32 Å². The van der Waals surface area contributed by atoms with E-state index in [9.17, 15) is 14.7 Å². The van der Waals surface area contributed by atoms with Crippen molar-refractivity contribution in [2.75, 3.05) is 13.2 Å². The number of aliphatic hydroxyl groups is 1. The monoisotopic (exact) mass is 375 g/mol. The van der Waals surface area contributed by atoms with Crippen LogP contribution < -0.4 is 5.32 Å². The number of hydrogen-bond donors (Lipinski definition) is 2. The molecule has 1 saturated carbocycles. The molecule has 1 fully saturated rings. The average molecular weight is 376 g/mol. The molecular formula is C22H33NO4. The predicted octanol–water partition coefficient (Wildman–Crippen LogP) is 3.15. The number of aliphatic hydroxyl groups excluding tert-OH is 1. The molecule has 27 heavy (non-hydrogen) atoms. The van der Waals surface area contributed by atoms with Gasteiger partial charge in [0.1, 0.15) is 0 Å². The molecule has 0 bridgehead atoms. The van der Waals surface area contributed by atoms with E-state index < -0.39 is 11.5 Å². The zero-order chi connectivity index (χ0) is 20.0. The fourth-order valence-corrected chi connectivity index (χ4v) is 4.26. The lowest BCUT2D eigenvalue weighted by Gasteiger charge is -2.26. The molecule has 0 radical (unpaired) electrons. The highest BCUT2D eigenvalue weighted by molar-refractivity contribution is 5.79. The van der Waals surface area contributed by atoms with Crippen LogP contribution in [0.15, 0.2) is 12.1 Å². The van der Waals surface area contributed by atoms with Crippen LogP contribution in [-0.2, 0) is 20.7 Å². The third-order valence-corrected chi connectivity index (χ3v) is 5.62. The summed E-state index contributed by atoms with van der Waals surface area (Å²) in [6.45, 7) is 8.81. The summed E-state index contributed by atoms with van der Waals surface area (Å²) in [4.78, 5) is 24.7. The van der Waals surface area contributed by atoms with Crippen molar-refractivity contribution in [2.24, 2.45) is 5.41 Å². The second kappa shape index (κ2) is 9.36. The van der Waals surface area contributed by atoms with E-state index in [2.05, 4.69) is 24.4 Å². The van der Waals surface area contributed by atoms with Crippen LogP contribution in [-0.4, -0.2) is 36.2 Å². The number of aryl methyl sites for hydroxylation is 3. The van der Waals surface area contributed by atoms with Gasteiger partial charge in [-0.25, -0.2) is 0 Å². The van der Waals surface area contributed by atoms with Crippen LogP contribution in [0.5, 0.6) is 0 Å². The highest BCUT2D eigenvalue weighted by Gasteiger charge is 2.45. The SMILES string of the molecule is CCOC(=O)[C@]1(CCCNC(=O)Cc2c(C)cc(C)cc2C)CC[C@@H](O)C1. The van der Waals surface area contributed by atoms with Crippen LogP contribution in [0.1, 0.15) is 61.3 Å².